The molecule has 2 N–H and O–H groups in total. The van der Waals surface area contributed by atoms with Crippen LogP contribution in [0.2, 0.25) is 0 Å². The van der Waals surface area contributed by atoms with Gasteiger partial charge in [-0.3, -0.25) is 4.79 Å². The molecule has 7 heteroatoms. The number of hydrogen-bond donors (Lipinski definition) is 1. The second-order valence-corrected chi connectivity index (χ2v) is 8.13. The van der Waals surface area contributed by atoms with Crippen molar-refractivity contribution in [2.24, 2.45) is 11.1 Å². The molecule has 0 bridgehead atoms. The molecule has 144 valence electrons. The molecule has 1 aromatic carbocycles. The summed E-state index contributed by atoms with van der Waals surface area (Å²) < 4.78 is 1.77. The number of para-hydroxylation sites is 1. The van der Waals surface area contributed by atoms with Gasteiger partial charge in [0.05, 0.1) is 16.1 Å². The molecule has 3 aromatic rings. The maximum Gasteiger partial charge on any atom is 0.257 e. The molecule has 0 atom stereocenters. The van der Waals surface area contributed by atoms with Crippen molar-refractivity contribution in [3.63, 3.8) is 0 Å². The molecule has 27 heavy (non-hydrogen) atoms. The second-order valence-electron chi connectivity index (χ2n) is 7.18. The normalized spacial score (nSPS) is 11.1. The van der Waals surface area contributed by atoms with Crippen LogP contribution in [-0.4, -0.2) is 40.7 Å². The Bertz CT molecular complexity index is 875. The predicted octanol–water partition coefficient (Wildman–Crippen LogP) is 4.08. The third kappa shape index (κ3) is 4.77. The fourth-order valence-electron chi connectivity index (χ4n) is 2.82. The van der Waals surface area contributed by atoms with Crippen LogP contribution in [0.25, 0.3) is 16.3 Å². The summed E-state index contributed by atoms with van der Waals surface area (Å²) in [6.45, 7) is 5.23. The summed E-state index contributed by atoms with van der Waals surface area (Å²) in [5.41, 5.74) is 7.93. The van der Waals surface area contributed by atoms with E-state index in [0.717, 1.165) is 10.6 Å². The number of rotatable bonds is 6. The molecule has 0 fully saturated rings. The number of carbonyl (C=O) groups excluding carboxylic acids is 1. The summed E-state index contributed by atoms with van der Waals surface area (Å²) in [6.07, 6.45) is 1.82. The minimum absolute atomic E-state index is 0. The first-order chi connectivity index (χ1) is 12.4. The van der Waals surface area contributed by atoms with Gasteiger partial charge < -0.3 is 10.6 Å². The Labute approximate surface area is 170 Å². The quantitative estimate of drug-likeness (QED) is 0.673. The Morgan fingerprint density at radius 3 is 2.52 bits per heavy atom. The first kappa shape index (κ1) is 21.2. The van der Waals surface area contributed by atoms with Gasteiger partial charge in [0.2, 0.25) is 0 Å². The van der Waals surface area contributed by atoms with Crippen molar-refractivity contribution in [1.82, 2.24) is 14.7 Å². The Morgan fingerprint density at radius 1 is 1.22 bits per heavy atom. The molecule has 0 unspecified atom stereocenters. The maximum atomic E-state index is 13.1. The predicted molar refractivity (Wildman–Crippen MR) is 114 cm³/mol. The number of nitrogens with zero attached hydrogens (tertiary/aromatic N) is 3. The van der Waals surface area contributed by atoms with Gasteiger partial charge in [-0.15, -0.1) is 23.7 Å². The number of benzene rings is 1. The molecule has 0 spiro atoms. The van der Waals surface area contributed by atoms with Gasteiger partial charge in [0, 0.05) is 19.8 Å². The van der Waals surface area contributed by atoms with E-state index in [4.69, 9.17) is 10.8 Å². The molecule has 0 radical (unpaired) electrons. The van der Waals surface area contributed by atoms with Crippen LogP contribution in [0.4, 0.5) is 0 Å². The van der Waals surface area contributed by atoms with Crippen LogP contribution in [0, 0.1) is 5.41 Å². The van der Waals surface area contributed by atoms with E-state index in [1.165, 1.54) is 0 Å². The van der Waals surface area contributed by atoms with Gasteiger partial charge >= 0.3 is 0 Å². The molecule has 0 aliphatic heterocycles. The Kier molecular flexibility index (Phi) is 6.81. The van der Waals surface area contributed by atoms with E-state index in [9.17, 15) is 4.79 Å². The molecule has 0 saturated carbocycles. The van der Waals surface area contributed by atoms with Crippen LogP contribution in [0.5, 0.6) is 0 Å². The van der Waals surface area contributed by atoms with E-state index >= 15 is 0 Å². The van der Waals surface area contributed by atoms with Gasteiger partial charge in [0.15, 0.2) is 0 Å². The number of nitrogens with two attached hydrogens (primary N) is 1. The van der Waals surface area contributed by atoms with Gasteiger partial charge in [-0.1, -0.05) is 38.1 Å². The zero-order valence-corrected chi connectivity index (χ0v) is 17.4. The summed E-state index contributed by atoms with van der Waals surface area (Å²) in [6, 6.07) is 13.8. The van der Waals surface area contributed by atoms with Crippen LogP contribution < -0.4 is 5.73 Å². The van der Waals surface area contributed by atoms with Crippen LogP contribution in [0.3, 0.4) is 0 Å². The molecule has 2 heterocycles. The van der Waals surface area contributed by atoms with Gasteiger partial charge in [0.1, 0.15) is 5.69 Å². The fourth-order valence-corrected chi connectivity index (χ4v) is 3.55. The lowest BCUT2D eigenvalue weighted by atomic mass is 9.93. The Balaban J connectivity index is 0.00000261. The van der Waals surface area contributed by atoms with Crippen molar-refractivity contribution in [3.8, 4) is 16.3 Å². The average molecular weight is 405 g/mol. The molecule has 5 nitrogen and oxygen atoms in total. The standard InChI is InChI=1S/C20H24N4OS.ClH/c1-20(2,13-21)14-23(3)19(25)16-12-24(15-8-5-4-6-9-15)22-18(16)17-10-7-11-26-17;/h4-12H,13-14,21H2,1-3H3;1H. The number of aromatic nitrogens is 2. The highest BCUT2D eigenvalue weighted by Gasteiger charge is 2.26. The summed E-state index contributed by atoms with van der Waals surface area (Å²) in [5.74, 6) is -0.0443. The average Bonchev–Trinajstić information content (AvgIpc) is 3.31. The van der Waals surface area contributed by atoms with Crippen molar-refractivity contribution in [2.45, 2.75) is 13.8 Å². The monoisotopic (exact) mass is 404 g/mol. The third-order valence-corrected chi connectivity index (χ3v) is 5.16. The molecule has 1 amide bonds. The number of amides is 1. The van der Waals surface area contributed by atoms with E-state index < -0.39 is 0 Å². The molecular weight excluding hydrogens is 380 g/mol. The SMILES string of the molecule is CN(CC(C)(C)CN)C(=O)c1cn(-c2ccccc2)nc1-c1cccs1.Cl. The van der Waals surface area contributed by atoms with Crippen molar-refractivity contribution < 1.29 is 4.79 Å². The second kappa shape index (κ2) is 8.69. The van der Waals surface area contributed by atoms with E-state index in [1.807, 2.05) is 61.1 Å². The van der Waals surface area contributed by atoms with E-state index in [-0.39, 0.29) is 23.7 Å². The zero-order chi connectivity index (χ0) is 18.7. The zero-order valence-electron chi connectivity index (χ0n) is 15.8. The van der Waals surface area contributed by atoms with Gasteiger partial charge in [0.25, 0.3) is 5.91 Å². The van der Waals surface area contributed by atoms with Crippen LogP contribution in [0.1, 0.15) is 24.2 Å². The lowest BCUT2D eigenvalue weighted by molar-refractivity contribution is 0.0741. The van der Waals surface area contributed by atoms with E-state index in [1.54, 1.807) is 20.9 Å². The van der Waals surface area contributed by atoms with Crippen LogP contribution in [0.15, 0.2) is 54.0 Å². The molecular formula is C20H25ClN4OS. The summed E-state index contributed by atoms with van der Waals surface area (Å²) in [5, 5.41) is 6.69. The van der Waals surface area contributed by atoms with E-state index in [2.05, 4.69) is 13.8 Å². The maximum absolute atomic E-state index is 13.1. The van der Waals surface area contributed by atoms with Crippen LogP contribution in [-0.2, 0) is 0 Å². The Morgan fingerprint density at radius 2 is 1.93 bits per heavy atom. The van der Waals surface area contributed by atoms with Crippen LogP contribution >= 0.6 is 23.7 Å². The first-order valence-corrected chi connectivity index (χ1v) is 9.44. The fraction of sp³-hybridized carbons (Fsp3) is 0.300. The van der Waals surface area contributed by atoms with Gasteiger partial charge in [-0.25, -0.2) is 4.68 Å². The van der Waals surface area contributed by atoms with Crippen molar-refractivity contribution in [3.05, 3.63) is 59.6 Å². The highest BCUT2D eigenvalue weighted by Crippen LogP contribution is 2.29. The van der Waals surface area contributed by atoms with Crippen molar-refractivity contribution >= 4 is 29.7 Å². The molecule has 0 saturated heterocycles. The minimum atomic E-state index is -0.136. The highest BCUT2D eigenvalue weighted by atomic mass is 35.5. The summed E-state index contributed by atoms with van der Waals surface area (Å²) >= 11 is 1.58. The molecule has 0 aliphatic rings. The summed E-state index contributed by atoms with van der Waals surface area (Å²) in [7, 11) is 1.82. The molecule has 2 aromatic heterocycles. The van der Waals surface area contributed by atoms with Gasteiger partial charge in [-0.05, 0) is 35.5 Å². The first-order valence-electron chi connectivity index (χ1n) is 8.56. The van der Waals surface area contributed by atoms with Crippen molar-refractivity contribution in [1.29, 1.82) is 0 Å². The van der Waals surface area contributed by atoms with E-state index in [0.29, 0.717) is 24.3 Å². The Hall–Kier alpha value is -2.15. The topological polar surface area (TPSA) is 64.2 Å². The molecule has 0 aliphatic carbocycles. The largest absolute Gasteiger partial charge is 0.341 e. The number of carbonyl (C=O) groups is 1. The number of thiophene rings is 1. The minimum Gasteiger partial charge on any atom is -0.341 e. The number of hydrogen-bond acceptors (Lipinski definition) is 4. The smallest absolute Gasteiger partial charge is 0.257 e. The van der Waals surface area contributed by atoms with Crippen molar-refractivity contribution in [2.75, 3.05) is 20.1 Å². The lowest BCUT2D eigenvalue weighted by Crippen LogP contribution is -2.39. The lowest BCUT2D eigenvalue weighted by Gasteiger charge is -2.28. The molecule has 3 rings (SSSR count). The highest BCUT2D eigenvalue weighted by molar-refractivity contribution is 7.13. The number of halogens is 1. The third-order valence-electron chi connectivity index (χ3n) is 4.28. The van der Waals surface area contributed by atoms with Gasteiger partial charge in [-0.2, -0.15) is 5.10 Å². The summed E-state index contributed by atoms with van der Waals surface area (Å²) in [4.78, 5) is 15.8.